The maximum Gasteiger partial charge on any atom is 0.410 e. The molecule has 0 spiro atoms. The molecule has 2 unspecified atom stereocenters. The Bertz CT molecular complexity index is 338. The van der Waals surface area contributed by atoms with E-state index in [-0.39, 0.29) is 26.2 Å². The smallest absolute Gasteiger partial charge is 0.410 e. The van der Waals surface area contributed by atoms with E-state index in [0.29, 0.717) is 0 Å². The molecule has 0 bridgehead atoms. The van der Waals surface area contributed by atoms with Crippen molar-refractivity contribution < 1.29 is 29.3 Å². The number of carbonyl (C=O) groups excluding carboxylic acids is 1. The molecule has 1 amide bonds. The SMILES string of the molecule is CC(C)(C)OC(=O)N1CC(CO)OCC1CC(=O)O. The van der Waals surface area contributed by atoms with E-state index in [4.69, 9.17) is 19.7 Å². The van der Waals surface area contributed by atoms with Crippen molar-refractivity contribution >= 4 is 12.1 Å². The van der Waals surface area contributed by atoms with Crippen molar-refractivity contribution in [2.75, 3.05) is 19.8 Å². The van der Waals surface area contributed by atoms with Crippen LogP contribution in [0.4, 0.5) is 4.79 Å². The van der Waals surface area contributed by atoms with Crippen LogP contribution in [0, 0.1) is 0 Å². The summed E-state index contributed by atoms with van der Waals surface area (Å²) >= 11 is 0. The summed E-state index contributed by atoms with van der Waals surface area (Å²) in [5.41, 5.74) is -0.655. The number of carboxylic acids is 1. The monoisotopic (exact) mass is 275 g/mol. The summed E-state index contributed by atoms with van der Waals surface area (Å²) in [4.78, 5) is 24.2. The average molecular weight is 275 g/mol. The number of nitrogens with zero attached hydrogens (tertiary/aromatic N) is 1. The molecular formula is C12H21NO6. The molecule has 2 N–H and O–H groups in total. The Morgan fingerprint density at radius 3 is 2.53 bits per heavy atom. The van der Waals surface area contributed by atoms with Crippen LogP contribution in [0.1, 0.15) is 27.2 Å². The summed E-state index contributed by atoms with van der Waals surface area (Å²) in [5.74, 6) is -1.01. The van der Waals surface area contributed by atoms with Crippen molar-refractivity contribution in [2.45, 2.75) is 44.9 Å². The molecule has 0 saturated carbocycles. The number of ether oxygens (including phenoxy) is 2. The lowest BCUT2D eigenvalue weighted by molar-refractivity contribution is -0.142. The molecule has 7 heteroatoms. The minimum atomic E-state index is -1.01. The number of amides is 1. The zero-order valence-corrected chi connectivity index (χ0v) is 11.5. The van der Waals surface area contributed by atoms with Gasteiger partial charge in [-0.05, 0) is 20.8 Å². The van der Waals surface area contributed by atoms with Gasteiger partial charge >= 0.3 is 12.1 Å². The minimum Gasteiger partial charge on any atom is -0.481 e. The standard InChI is InChI=1S/C12H21NO6/c1-12(2,3)19-11(17)13-5-9(6-14)18-7-8(13)4-10(15)16/h8-9,14H,4-7H2,1-3H3,(H,15,16). The third-order valence-electron chi connectivity index (χ3n) is 2.61. The number of hydrogen-bond acceptors (Lipinski definition) is 5. The molecule has 1 fully saturated rings. The molecule has 7 nitrogen and oxygen atoms in total. The molecule has 0 aromatic carbocycles. The van der Waals surface area contributed by atoms with Crippen LogP contribution in [0.3, 0.4) is 0 Å². The second-order valence-electron chi connectivity index (χ2n) is 5.52. The molecule has 19 heavy (non-hydrogen) atoms. The minimum absolute atomic E-state index is 0.0801. The zero-order valence-electron chi connectivity index (χ0n) is 11.5. The van der Waals surface area contributed by atoms with Crippen molar-refractivity contribution in [1.29, 1.82) is 0 Å². The van der Waals surface area contributed by atoms with Gasteiger partial charge in [-0.25, -0.2) is 4.79 Å². The van der Waals surface area contributed by atoms with Crippen molar-refractivity contribution in [3.05, 3.63) is 0 Å². The lowest BCUT2D eigenvalue weighted by Gasteiger charge is -2.39. The van der Waals surface area contributed by atoms with Crippen LogP contribution in [-0.2, 0) is 14.3 Å². The van der Waals surface area contributed by atoms with Crippen molar-refractivity contribution in [2.24, 2.45) is 0 Å². The van der Waals surface area contributed by atoms with Crippen LogP contribution in [0.5, 0.6) is 0 Å². The number of aliphatic hydroxyl groups is 1. The Labute approximate surface area is 112 Å². The fourth-order valence-electron chi connectivity index (χ4n) is 1.78. The van der Waals surface area contributed by atoms with Crippen molar-refractivity contribution in [3.8, 4) is 0 Å². The number of morpholine rings is 1. The van der Waals surface area contributed by atoms with Crippen LogP contribution >= 0.6 is 0 Å². The Hall–Kier alpha value is -1.34. The normalized spacial score (nSPS) is 24.1. The van der Waals surface area contributed by atoms with Gasteiger partial charge < -0.3 is 19.7 Å². The molecular weight excluding hydrogens is 254 g/mol. The third kappa shape index (κ3) is 5.04. The average Bonchev–Trinajstić information content (AvgIpc) is 2.26. The molecule has 0 aliphatic carbocycles. The number of carboxylic acid groups (broad SMARTS) is 1. The van der Waals surface area contributed by atoms with Gasteiger partial charge in [0.15, 0.2) is 0 Å². The highest BCUT2D eigenvalue weighted by Crippen LogP contribution is 2.19. The predicted octanol–water partition coefficient (Wildman–Crippen LogP) is 0.458. The second kappa shape index (κ2) is 6.21. The van der Waals surface area contributed by atoms with Crippen LogP contribution < -0.4 is 0 Å². The van der Waals surface area contributed by atoms with E-state index in [2.05, 4.69) is 0 Å². The Balaban J connectivity index is 2.75. The van der Waals surface area contributed by atoms with Gasteiger partial charge in [0.05, 0.1) is 38.3 Å². The quantitative estimate of drug-likeness (QED) is 0.776. The van der Waals surface area contributed by atoms with E-state index in [1.165, 1.54) is 4.90 Å². The maximum atomic E-state index is 12.0. The molecule has 1 saturated heterocycles. The molecule has 1 heterocycles. The lowest BCUT2D eigenvalue weighted by atomic mass is 10.1. The van der Waals surface area contributed by atoms with E-state index >= 15 is 0 Å². The van der Waals surface area contributed by atoms with Gasteiger partial charge in [-0.1, -0.05) is 0 Å². The highest BCUT2D eigenvalue weighted by Gasteiger charge is 2.35. The molecule has 1 aliphatic heterocycles. The maximum absolute atomic E-state index is 12.0. The van der Waals surface area contributed by atoms with Crippen LogP contribution in [0.2, 0.25) is 0 Å². The fraction of sp³-hybridized carbons (Fsp3) is 0.833. The summed E-state index contributed by atoms with van der Waals surface area (Å²) < 4.78 is 10.5. The molecule has 2 atom stereocenters. The van der Waals surface area contributed by atoms with Crippen LogP contribution in [0.15, 0.2) is 0 Å². The Morgan fingerprint density at radius 1 is 1.42 bits per heavy atom. The summed E-state index contributed by atoms with van der Waals surface area (Å²) in [5, 5.41) is 17.9. The summed E-state index contributed by atoms with van der Waals surface area (Å²) in [6, 6.07) is -0.574. The number of aliphatic carboxylic acids is 1. The first-order chi connectivity index (χ1) is 8.73. The molecule has 0 radical (unpaired) electrons. The van der Waals surface area contributed by atoms with E-state index in [9.17, 15) is 9.59 Å². The first-order valence-corrected chi connectivity index (χ1v) is 6.17. The predicted molar refractivity (Wildman–Crippen MR) is 65.8 cm³/mol. The van der Waals surface area contributed by atoms with Gasteiger partial charge in [0.25, 0.3) is 0 Å². The highest BCUT2D eigenvalue weighted by atomic mass is 16.6. The topological polar surface area (TPSA) is 96.3 Å². The molecule has 110 valence electrons. The number of rotatable bonds is 3. The van der Waals surface area contributed by atoms with E-state index in [0.717, 1.165) is 0 Å². The van der Waals surface area contributed by atoms with Crippen LogP contribution in [-0.4, -0.2) is 64.7 Å². The molecule has 1 rings (SSSR count). The van der Waals surface area contributed by atoms with E-state index in [1.807, 2.05) is 0 Å². The third-order valence-corrected chi connectivity index (χ3v) is 2.61. The molecule has 0 aromatic rings. The number of aliphatic hydroxyl groups excluding tert-OH is 1. The summed E-state index contributed by atoms with van der Waals surface area (Å²) in [6.07, 6.45) is -1.30. The van der Waals surface area contributed by atoms with Gasteiger partial charge in [0, 0.05) is 0 Å². The van der Waals surface area contributed by atoms with Gasteiger partial charge in [0.2, 0.25) is 0 Å². The number of hydrogen-bond donors (Lipinski definition) is 2. The summed E-state index contributed by atoms with van der Waals surface area (Å²) in [6.45, 7) is 5.20. The first kappa shape index (κ1) is 15.7. The second-order valence-corrected chi connectivity index (χ2v) is 5.52. The largest absolute Gasteiger partial charge is 0.481 e. The van der Waals surface area contributed by atoms with Gasteiger partial charge in [-0.3, -0.25) is 9.69 Å². The number of carbonyl (C=O) groups is 2. The van der Waals surface area contributed by atoms with E-state index < -0.39 is 29.8 Å². The molecule has 0 aromatic heterocycles. The van der Waals surface area contributed by atoms with Crippen LogP contribution in [0.25, 0.3) is 0 Å². The Morgan fingerprint density at radius 2 is 2.05 bits per heavy atom. The fourth-order valence-corrected chi connectivity index (χ4v) is 1.78. The van der Waals surface area contributed by atoms with Crippen molar-refractivity contribution in [3.63, 3.8) is 0 Å². The van der Waals surface area contributed by atoms with E-state index in [1.54, 1.807) is 20.8 Å². The highest BCUT2D eigenvalue weighted by molar-refractivity contribution is 5.72. The van der Waals surface area contributed by atoms with Gasteiger partial charge in [-0.15, -0.1) is 0 Å². The van der Waals surface area contributed by atoms with Crippen molar-refractivity contribution in [1.82, 2.24) is 4.90 Å². The lowest BCUT2D eigenvalue weighted by Crippen LogP contribution is -2.54. The Kier molecular flexibility index (Phi) is 5.13. The van der Waals surface area contributed by atoms with Gasteiger partial charge in [-0.2, -0.15) is 0 Å². The van der Waals surface area contributed by atoms with Gasteiger partial charge in [0.1, 0.15) is 5.60 Å². The first-order valence-electron chi connectivity index (χ1n) is 6.17. The zero-order chi connectivity index (χ0) is 14.6. The molecule has 1 aliphatic rings. The summed E-state index contributed by atoms with van der Waals surface area (Å²) in [7, 11) is 0.